The first-order valence-corrected chi connectivity index (χ1v) is 15.6. The van der Waals surface area contributed by atoms with E-state index in [-0.39, 0.29) is 23.8 Å². The molecule has 1 unspecified atom stereocenters. The summed E-state index contributed by atoms with van der Waals surface area (Å²) in [5.41, 5.74) is 1.78. The zero-order valence-electron chi connectivity index (χ0n) is 24.0. The molecule has 2 amide bonds. The number of methoxy groups -OCH3 is 1. The minimum Gasteiger partial charge on any atom is -0.497 e. The van der Waals surface area contributed by atoms with Crippen LogP contribution >= 0.6 is 11.6 Å². The molecule has 43 heavy (non-hydrogen) atoms. The molecule has 1 atom stereocenters. The Morgan fingerprint density at radius 2 is 1.47 bits per heavy atom. The minimum absolute atomic E-state index is 0.00163. The maximum absolute atomic E-state index is 14.3. The van der Waals surface area contributed by atoms with Gasteiger partial charge in [-0.15, -0.1) is 0 Å². The lowest BCUT2D eigenvalue weighted by molar-refractivity contribution is -0.140. The number of rotatable bonds is 13. The van der Waals surface area contributed by atoms with Gasteiger partial charge in [0.25, 0.3) is 10.0 Å². The standard InChI is InChI=1S/C33H34ClN3O5S/c1-3-35-33(39)31(22-25-12-6-4-7-13-25)36(23-26-14-10-11-17-30(26)34)32(38)24-37(27-15-8-5-9-16-27)43(40,41)29-20-18-28(42-2)19-21-29/h4-21,31H,3,22-24H2,1-2H3,(H,35,39). The third kappa shape index (κ3) is 7.94. The zero-order chi connectivity index (χ0) is 30.8. The van der Waals surface area contributed by atoms with Crippen LogP contribution in [0.25, 0.3) is 0 Å². The van der Waals surface area contributed by atoms with Crippen LogP contribution in [0.1, 0.15) is 18.1 Å². The Balaban J connectivity index is 1.78. The van der Waals surface area contributed by atoms with Gasteiger partial charge in [0, 0.05) is 24.5 Å². The molecule has 10 heteroatoms. The maximum atomic E-state index is 14.3. The number of hydrogen-bond donors (Lipinski definition) is 1. The molecule has 4 aromatic rings. The number of sulfonamides is 1. The SMILES string of the molecule is CCNC(=O)C(Cc1ccccc1)N(Cc1ccccc1Cl)C(=O)CN(c1ccccc1)S(=O)(=O)c1ccc(OC)cc1. The highest BCUT2D eigenvalue weighted by atomic mass is 35.5. The molecule has 4 rings (SSSR count). The smallest absolute Gasteiger partial charge is 0.264 e. The Labute approximate surface area is 257 Å². The lowest BCUT2D eigenvalue weighted by atomic mass is 10.0. The summed E-state index contributed by atoms with van der Waals surface area (Å²) < 4.78 is 34.3. The topological polar surface area (TPSA) is 96.0 Å². The number of anilines is 1. The Hall–Kier alpha value is -4.34. The molecule has 0 bridgehead atoms. The van der Waals surface area contributed by atoms with Crippen LogP contribution in [-0.2, 0) is 32.6 Å². The van der Waals surface area contributed by atoms with Crippen LogP contribution in [-0.4, -0.2) is 51.4 Å². The average molecular weight is 620 g/mol. The Morgan fingerprint density at radius 1 is 0.860 bits per heavy atom. The van der Waals surface area contributed by atoms with E-state index in [1.807, 2.05) is 30.3 Å². The van der Waals surface area contributed by atoms with Crippen molar-refractivity contribution in [2.45, 2.75) is 30.8 Å². The molecule has 0 spiro atoms. The van der Waals surface area contributed by atoms with E-state index in [4.69, 9.17) is 16.3 Å². The van der Waals surface area contributed by atoms with Gasteiger partial charge in [-0.25, -0.2) is 8.42 Å². The highest BCUT2D eigenvalue weighted by Gasteiger charge is 2.34. The second kappa shape index (κ2) is 14.7. The first-order valence-electron chi connectivity index (χ1n) is 13.8. The molecule has 0 saturated carbocycles. The van der Waals surface area contributed by atoms with Crippen molar-refractivity contribution in [2.24, 2.45) is 0 Å². The third-order valence-electron chi connectivity index (χ3n) is 6.89. The molecule has 1 N–H and O–H groups in total. The number of benzene rings is 4. The van der Waals surface area contributed by atoms with Crippen molar-refractivity contribution in [1.29, 1.82) is 0 Å². The summed E-state index contributed by atoms with van der Waals surface area (Å²) >= 11 is 6.50. The molecule has 0 aromatic heterocycles. The quantitative estimate of drug-likeness (QED) is 0.219. The normalized spacial score (nSPS) is 11.8. The number of carbonyl (C=O) groups is 2. The molecule has 224 valence electrons. The minimum atomic E-state index is -4.20. The van der Waals surface area contributed by atoms with Gasteiger partial charge in [0.15, 0.2) is 0 Å². The summed E-state index contributed by atoms with van der Waals surface area (Å²) in [6.07, 6.45) is 0.222. The molecular weight excluding hydrogens is 586 g/mol. The van der Waals surface area contributed by atoms with Crippen LogP contribution in [0.3, 0.4) is 0 Å². The molecule has 0 aliphatic heterocycles. The van der Waals surface area contributed by atoms with Crippen LogP contribution < -0.4 is 14.4 Å². The summed E-state index contributed by atoms with van der Waals surface area (Å²) in [4.78, 5) is 29.3. The number of hydrogen-bond acceptors (Lipinski definition) is 5. The summed E-state index contributed by atoms with van der Waals surface area (Å²) in [6.45, 7) is 1.61. The molecule has 0 heterocycles. The first kappa shape index (κ1) is 31.6. The number of ether oxygens (including phenoxy) is 1. The number of likely N-dealkylation sites (N-methyl/N-ethyl adjacent to an activating group) is 1. The predicted molar refractivity (Wildman–Crippen MR) is 169 cm³/mol. The van der Waals surface area contributed by atoms with E-state index >= 15 is 0 Å². The molecule has 0 saturated heterocycles. The third-order valence-corrected chi connectivity index (χ3v) is 9.05. The summed E-state index contributed by atoms with van der Waals surface area (Å²) in [6, 6.07) is 29.9. The van der Waals surface area contributed by atoms with E-state index in [9.17, 15) is 18.0 Å². The van der Waals surface area contributed by atoms with Crippen molar-refractivity contribution >= 4 is 39.1 Å². The molecule has 0 aliphatic carbocycles. The maximum Gasteiger partial charge on any atom is 0.264 e. The Kier molecular flexibility index (Phi) is 10.8. The van der Waals surface area contributed by atoms with Crippen LogP contribution in [0.2, 0.25) is 5.02 Å². The molecule has 0 radical (unpaired) electrons. The molecule has 0 fully saturated rings. The Bertz CT molecular complexity index is 1620. The van der Waals surface area contributed by atoms with Gasteiger partial charge < -0.3 is 15.0 Å². The van der Waals surface area contributed by atoms with Gasteiger partial charge >= 0.3 is 0 Å². The Morgan fingerprint density at radius 3 is 2.07 bits per heavy atom. The van der Waals surface area contributed by atoms with Crippen LogP contribution in [0.5, 0.6) is 5.75 Å². The van der Waals surface area contributed by atoms with Crippen molar-refractivity contribution in [2.75, 3.05) is 24.5 Å². The molecular formula is C33H34ClN3O5S. The number of amides is 2. The second-order valence-electron chi connectivity index (χ2n) is 9.74. The fourth-order valence-electron chi connectivity index (χ4n) is 4.65. The fraction of sp³-hybridized carbons (Fsp3) is 0.212. The van der Waals surface area contributed by atoms with Crippen LogP contribution in [0.4, 0.5) is 5.69 Å². The van der Waals surface area contributed by atoms with E-state index in [0.29, 0.717) is 28.6 Å². The van der Waals surface area contributed by atoms with Gasteiger partial charge in [0.1, 0.15) is 18.3 Å². The molecule has 8 nitrogen and oxygen atoms in total. The van der Waals surface area contributed by atoms with E-state index in [0.717, 1.165) is 9.87 Å². The molecule has 0 aliphatic rings. The predicted octanol–water partition coefficient (Wildman–Crippen LogP) is 5.32. The lowest BCUT2D eigenvalue weighted by Crippen LogP contribution is -2.53. The molecule has 4 aromatic carbocycles. The van der Waals surface area contributed by atoms with Gasteiger partial charge in [0.05, 0.1) is 17.7 Å². The van der Waals surface area contributed by atoms with Crippen LogP contribution in [0, 0.1) is 0 Å². The fourth-order valence-corrected chi connectivity index (χ4v) is 6.26. The monoisotopic (exact) mass is 619 g/mol. The highest BCUT2D eigenvalue weighted by Crippen LogP contribution is 2.27. The summed E-state index contributed by atoms with van der Waals surface area (Å²) in [7, 11) is -2.71. The largest absolute Gasteiger partial charge is 0.497 e. The number of nitrogens with zero attached hydrogens (tertiary/aromatic N) is 2. The van der Waals surface area contributed by atoms with Gasteiger partial charge in [-0.3, -0.25) is 13.9 Å². The van der Waals surface area contributed by atoms with E-state index in [1.165, 1.54) is 24.1 Å². The van der Waals surface area contributed by atoms with Gasteiger partial charge in [0.2, 0.25) is 11.8 Å². The first-order chi connectivity index (χ1) is 20.7. The number of carbonyl (C=O) groups excluding carboxylic acids is 2. The van der Waals surface area contributed by atoms with Gasteiger partial charge in [-0.2, -0.15) is 0 Å². The van der Waals surface area contributed by atoms with Crippen molar-refractivity contribution in [3.63, 3.8) is 0 Å². The number of halogens is 1. The second-order valence-corrected chi connectivity index (χ2v) is 12.0. The van der Waals surface area contributed by atoms with Crippen molar-refractivity contribution in [3.8, 4) is 5.75 Å². The van der Waals surface area contributed by atoms with Crippen molar-refractivity contribution in [3.05, 3.63) is 125 Å². The highest BCUT2D eigenvalue weighted by molar-refractivity contribution is 7.92. The lowest BCUT2D eigenvalue weighted by Gasteiger charge is -2.34. The van der Waals surface area contributed by atoms with Gasteiger partial charge in [-0.05, 0) is 60.5 Å². The number of nitrogens with one attached hydrogen (secondary N) is 1. The van der Waals surface area contributed by atoms with E-state index < -0.39 is 28.5 Å². The average Bonchev–Trinajstić information content (AvgIpc) is 3.03. The number of para-hydroxylation sites is 1. The summed E-state index contributed by atoms with van der Waals surface area (Å²) in [5, 5.41) is 3.27. The van der Waals surface area contributed by atoms with Crippen molar-refractivity contribution < 1.29 is 22.7 Å². The summed E-state index contributed by atoms with van der Waals surface area (Å²) in [5.74, 6) is -0.415. The van der Waals surface area contributed by atoms with E-state index in [2.05, 4.69) is 5.32 Å². The zero-order valence-corrected chi connectivity index (χ0v) is 25.6. The van der Waals surface area contributed by atoms with Crippen molar-refractivity contribution in [1.82, 2.24) is 10.2 Å². The van der Waals surface area contributed by atoms with Crippen LogP contribution in [0.15, 0.2) is 114 Å². The van der Waals surface area contributed by atoms with Gasteiger partial charge in [-0.1, -0.05) is 78.3 Å². The van der Waals surface area contributed by atoms with E-state index in [1.54, 1.807) is 73.7 Å².